The Bertz CT molecular complexity index is 586. The zero-order valence-electron chi connectivity index (χ0n) is 10.4. The van der Waals surface area contributed by atoms with E-state index in [1.165, 1.54) is 0 Å². The first-order valence-corrected chi connectivity index (χ1v) is 6.93. The summed E-state index contributed by atoms with van der Waals surface area (Å²) in [7, 11) is 0. The molecule has 0 aliphatic carbocycles. The van der Waals surface area contributed by atoms with Gasteiger partial charge >= 0.3 is 0 Å². The van der Waals surface area contributed by atoms with Crippen molar-refractivity contribution < 1.29 is 0 Å². The molecule has 0 spiro atoms. The van der Waals surface area contributed by atoms with Crippen LogP contribution in [0.4, 0.5) is 5.82 Å². The Morgan fingerprint density at radius 3 is 2.56 bits per heavy atom. The Morgan fingerprint density at radius 1 is 1.33 bits per heavy atom. The van der Waals surface area contributed by atoms with Crippen molar-refractivity contribution >= 4 is 40.0 Å². The first kappa shape index (κ1) is 13.6. The molecule has 1 aromatic carbocycles. The van der Waals surface area contributed by atoms with Crippen LogP contribution in [0.2, 0.25) is 5.02 Å². The Morgan fingerprint density at radius 2 is 2.00 bits per heavy atom. The van der Waals surface area contributed by atoms with Crippen molar-refractivity contribution in [3.05, 3.63) is 32.5 Å². The Hall–Kier alpha value is -0.820. The molecule has 0 fully saturated rings. The molecular weight excluding hydrogens is 363 g/mol. The van der Waals surface area contributed by atoms with E-state index in [-0.39, 0.29) is 5.41 Å². The van der Waals surface area contributed by atoms with Crippen LogP contribution in [0.1, 0.15) is 26.5 Å². The summed E-state index contributed by atoms with van der Waals surface area (Å²) >= 11 is 8.19. The van der Waals surface area contributed by atoms with Crippen LogP contribution in [0.3, 0.4) is 0 Å². The average molecular weight is 377 g/mol. The van der Waals surface area contributed by atoms with Crippen LogP contribution in [0, 0.1) is 3.57 Å². The summed E-state index contributed by atoms with van der Waals surface area (Å²) in [6.45, 7) is 6.25. The lowest BCUT2D eigenvalue weighted by atomic mass is 9.91. The molecular formula is C12H14ClIN4. The van der Waals surface area contributed by atoms with Gasteiger partial charge < -0.3 is 5.73 Å². The van der Waals surface area contributed by atoms with Gasteiger partial charge in [-0.05, 0) is 40.8 Å². The maximum absolute atomic E-state index is 5.96. The van der Waals surface area contributed by atoms with E-state index in [0.717, 1.165) is 15.0 Å². The molecule has 2 aromatic rings. The highest BCUT2D eigenvalue weighted by Crippen LogP contribution is 2.30. The van der Waals surface area contributed by atoms with Gasteiger partial charge in [-0.3, -0.25) is 0 Å². The lowest BCUT2D eigenvalue weighted by Gasteiger charge is -2.20. The summed E-state index contributed by atoms with van der Waals surface area (Å²) in [5, 5.41) is 8.82. The van der Waals surface area contributed by atoms with E-state index in [1.807, 2.05) is 18.2 Å². The normalized spacial score (nSPS) is 11.8. The van der Waals surface area contributed by atoms with Crippen molar-refractivity contribution in [1.82, 2.24) is 15.0 Å². The third-order valence-electron chi connectivity index (χ3n) is 2.54. The van der Waals surface area contributed by atoms with Crippen molar-refractivity contribution in [2.24, 2.45) is 0 Å². The lowest BCUT2D eigenvalue weighted by Crippen LogP contribution is -2.19. The van der Waals surface area contributed by atoms with Gasteiger partial charge in [0.25, 0.3) is 0 Å². The van der Waals surface area contributed by atoms with E-state index in [1.54, 1.807) is 4.68 Å². The van der Waals surface area contributed by atoms with Crippen molar-refractivity contribution in [1.29, 1.82) is 0 Å². The minimum atomic E-state index is -0.129. The molecule has 1 aromatic heterocycles. The third kappa shape index (κ3) is 2.47. The predicted octanol–water partition coefficient (Wildman–Crippen LogP) is 3.41. The second kappa shape index (κ2) is 4.70. The van der Waals surface area contributed by atoms with Gasteiger partial charge in [0.2, 0.25) is 0 Å². The maximum Gasteiger partial charge on any atom is 0.170 e. The number of hydrogen-bond acceptors (Lipinski definition) is 3. The minimum absolute atomic E-state index is 0.129. The largest absolute Gasteiger partial charge is 0.381 e. The second-order valence-corrected chi connectivity index (χ2v) is 6.68. The van der Waals surface area contributed by atoms with Crippen LogP contribution in [0.15, 0.2) is 18.2 Å². The molecule has 2 rings (SSSR count). The number of halogens is 2. The molecule has 18 heavy (non-hydrogen) atoms. The first-order chi connectivity index (χ1) is 8.30. The number of nitrogens with two attached hydrogens (primary N) is 1. The number of anilines is 1. The minimum Gasteiger partial charge on any atom is -0.381 e. The van der Waals surface area contributed by atoms with E-state index < -0.39 is 0 Å². The predicted molar refractivity (Wildman–Crippen MR) is 82.2 cm³/mol. The van der Waals surface area contributed by atoms with Gasteiger partial charge in [-0.1, -0.05) is 37.6 Å². The molecule has 0 saturated heterocycles. The van der Waals surface area contributed by atoms with Crippen molar-refractivity contribution in [3.8, 4) is 5.69 Å². The molecule has 2 N–H and O–H groups in total. The fourth-order valence-electron chi connectivity index (χ4n) is 1.82. The number of rotatable bonds is 1. The van der Waals surface area contributed by atoms with E-state index in [0.29, 0.717) is 10.8 Å². The van der Waals surface area contributed by atoms with Crippen molar-refractivity contribution in [2.45, 2.75) is 26.2 Å². The highest BCUT2D eigenvalue weighted by atomic mass is 127. The van der Waals surface area contributed by atoms with E-state index in [9.17, 15) is 0 Å². The van der Waals surface area contributed by atoms with Crippen LogP contribution in [0.25, 0.3) is 5.69 Å². The maximum atomic E-state index is 5.96. The van der Waals surface area contributed by atoms with Crippen molar-refractivity contribution in [2.75, 3.05) is 5.73 Å². The summed E-state index contributed by atoms with van der Waals surface area (Å²) in [4.78, 5) is 0. The summed E-state index contributed by atoms with van der Waals surface area (Å²) in [5.74, 6) is 0.466. The average Bonchev–Trinajstić information content (AvgIpc) is 2.59. The van der Waals surface area contributed by atoms with E-state index >= 15 is 0 Å². The Labute approximate surface area is 125 Å². The smallest absolute Gasteiger partial charge is 0.170 e. The van der Waals surface area contributed by atoms with E-state index in [4.69, 9.17) is 17.3 Å². The summed E-state index contributed by atoms with van der Waals surface area (Å²) in [6.07, 6.45) is 0. The van der Waals surface area contributed by atoms with Gasteiger partial charge in [-0.15, -0.1) is 5.10 Å². The van der Waals surface area contributed by atoms with E-state index in [2.05, 4.69) is 53.7 Å². The fraction of sp³-hybridized carbons (Fsp3) is 0.333. The molecule has 4 nitrogen and oxygen atoms in total. The van der Waals surface area contributed by atoms with Crippen LogP contribution in [0.5, 0.6) is 0 Å². The first-order valence-electron chi connectivity index (χ1n) is 5.48. The number of nitrogen functional groups attached to an aromatic ring is 1. The molecule has 0 radical (unpaired) electrons. The quantitative estimate of drug-likeness (QED) is 0.776. The zero-order chi connectivity index (χ0) is 13.5. The Kier molecular flexibility index (Phi) is 3.55. The van der Waals surface area contributed by atoms with Gasteiger partial charge in [-0.25, -0.2) is 4.68 Å². The van der Waals surface area contributed by atoms with Crippen LogP contribution in [-0.2, 0) is 5.41 Å². The number of benzene rings is 1. The number of aromatic nitrogens is 3. The standard InChI is InChI=1S/C12H14ClIN4/c1-12(2,3)10-11(15)16-17-18(10)9-5-4-7(13)6-8(9)14/h4-6H,15H2,1-3H3. The molecule has 96 valence electrons. The fourth-order valence-corrected chi connectivity index (χ4v) is 2.92. The summed E-state index contributed by atoms with van der Waals surface area (Å²) in [6, 6.07) is 5.65. The molecule has 0 bridgehead atoms. The molecule has 6 heteroatoms. The highest BCUT2D eigenvalue weighted by Gasteiger charge is 2.25. The third-order valence-corrected chi connectivity index (χ3v) is 3.64. The lowest BCUT2D eigenvalue weighted by molar-refractivity contribution is 0.544. The monoisotopic (exact) mass is 376 g/mol. The molecule has 0 saturated carbocycles. The molecule has 0 aliphatic rings. The second-order valence-electron chi connectivity index (χ2n) is 5.08. The highest BCUT2D eigenvalue weighted by molar-refractivity contribution is 14.1. The number of hydrogen-bond donors (Lipinski definition) is 1. The Balaban J connectivity index is 2.65. The SMILES string of the molecule is CC(C)(C)c1c(N)nnn1-c1ccc(Cl)cc1I. The number of nitrogens with zero attached hydrogens (tertiary/aromatic N) is 3. The van der Waals surface area contributed by atoms with Gasteiger partial charge in [0.1, 0.15) is 0 Å². The van der Waals surface area contributed by atoms with Crippen LogP contribution in [-0.4, -0.2) is 15.0 Å². The van der Waals surface area contributed by atoms with Crippen LogP contribution < -0.4 is 5.73 Å². The zero-order valence-corrected chi connectivity index (χ0v) is 13.3. The molecule has 0 amide bonds. The summed E-state index contributed by atoms with van der Waals surface area (Å²) < 4.78 is 2.79. The molecule has 0 unspecified atom stereocenters. The van der Waals surface area contributed by atoms with Crippen LogP contribution >= 0.6 is 34.2 Å². The summed E-state index contributed by atoms with van der Waals surface area (Å²) in [5.41, 5.74) is 7.64. The van der Waals surface area contributed by atoms with Gasteiger partial charge in [-0.2, -0.15) is 0 Å². The van der Waals surface area contributed by atoms with Crippen molar-refractivity contribution in [3.63, 3.8) is 0 Å². The molecule has 1 heterocycles. The molecule has 0 atom stereocenters. The molecule has 0 aliphatic heterocycles. The van der Waals surface area contributed by atoms with Gasteiger partial charge in [0, 0.05) is 14.0 Å². The van der Waals surface area contributed by atoms with Gasteiger partial charge in [0.05, 0.1) is 11.4 Å². The van der Waals surface area contributed by atoms with Gasteiger partial charge in [0.15, 0.2) is 5.82 Å². The topological polar surface area (TPSA) is 56.7 Å².